The van der Waals surface area contributed by atoms with E-state index in [0.29, 0.717) is 22.5 Å². The zero-order chi connectivity index (χ0) is 15.7. The Balaban J connectivity index is 1.80. The summed E-state index contributed by atoms with van der Waals surface area (Å²) in [5.41, 5.74) is 6.74. The highest BCUT2D eigenvalue weighted by Gasteiger charge is 2.07. The predicted octanol–water partition coefficient (Wildman–Crippen LogP) is 1.07. The Bertz CT molecular complexity index is 895. The molecule has 5 N–H and O–H groups in total. The summed E-state index contributed by atoms with van der Waals surface area (Å²) in [5, 5.41) is 12.3. The minimum absolute atomic E-state index is 0.202. The number of hydrogen-bond acceptors (Lipinski definition) is 5. The third-order valence-corrected chi connectivity index (χ3v) is 3.22. The van der Waals surface area contributed by atoms with Crippen LogP contribution in [-0.4, -0.2) is 25.6 Å². The summed E-state index contributed by atoms with van der Waals surface area (Å²) in [6, 6.07) is 7.79. The molecule has 2 aromatic heterocycles. The fraction of sp³-hybridized carbons (Fsp3) is 0.0714. The number of aromatic amines is 1. The summed E-state index contributed by atoms with van der Waals surface area (Å²) in [6.45, 7) is 0.208. The Morgan fingerprint density at radius 2 is 2.09 bits per heavy atom. The Morgan fingerprint density at radius 1 is 1.36 bits per heavy atom. The van der Waals surface area contributed by atoms with E-state index in [-0.39, 0.29) is 17.8 Å². The molecule has 0 aliphatic rings. The van der Waals surface area contributed by atoms with Crippen molar-refractivity contribution in [1.29, 1.82) is 0 Å². The van der Waals surface area contributed by atoms with E-state index in [9.17, 15) is 9.59 Å². The molecule has 0 bridgehead atoms. The van der Waals surface area contributed by atoms with Crippen LogP contribution in [0.25, 0.3) is 11.0 Å². The van der Waals surface area contributed by atoms with Gasteiger partial charge in [-0.2, -0.15) is 0 Å². The van der Waals surface area contributed by atoms with E-state index in [4.69, 9.17) is 10.8 Å². The normalized spacial score (nSPS) is 10.7. The lowest BCUT2D eigenvalue weighted by Gasteiger charge is -2.08. The van der Waals surface area contributed by atoms with Crippen LogP contribution in [0.1, 0.15) is 10.4 Å². The largest absolute Gasteiger partial charge is 0.478 e. The first-order chi connectivity index (χ1) is 10.5. The quantitative estimate of drug-likeness (QED) is 0.571. The summed E-state index contributed by atoms with van der Waals surface area (Å²) >= 11 is 0. The molecule has 0 atom stereocenters. The molecule has 8 heteroatoms. The third-order valence-electron chi connectivity index (χ3n) is 3.22. The number of benzene rings is 1. The second kappa shape index (κ2) is 5.24. The van der Waals surface area contributed by atoms with Gasteiger partial charge in [0.2, 0.25) is 0 Å². The minimum Gasteiger partial charge on any atom is -0.478 e. The van der Waals surface area contributed by atoms with Crippen LogP contribution in [0.5, 0.6) is 0 Å². The number of rotatable bonds is 4. The number of nitrogens with two attached hydrogens (primary N) is 1. The van der Waals surface area contributed by atoms with E-state index < -0.39 is 5.97 Å². The van der Waals surface area contributed by atoms with Crippen LogP contribution < -0.4 is 16.6 Å². The molecule has 0 saturated carbocycles. The molecule has 3 rings (SSSR count). The SMILES string of the molecule is Nc1cc2c(=O)n(CNc3ccc(C(=O)O)cc3)cnc2[nH]1. The smallest absolute Gasteiger partial charge is 0.335 e. The molecule has 1 aromatic carbocycles. The summed E-state index contributed by atoms with van der Waals surface area (Å²) in [4.78, 5) is 29.9. The van der Waals surface area contributed by atoms with Gasteiger partial charge in [0, 0.05) is 5.69 Å². The fourth-order valence-electron chi connectivity index (χ4n) is 2.08. The topological polar surface area (TPSA) is 126 Å². The van der Waals surface area contributed by atoms with E-state index in [1.54, 1.807) is 18.2 Å². The van der Waals surface area contributed by atoms with Gasteiger partial charge in [-0.25, -0.2) is 9.78 Å². The first-order valence-corrected chi connectivity index (χ1v) is 6.45. The number of nitrogens with zero attached hydrogens (tertiary/aromatic N) is 2. The van der Waals surface area contributed by atoms with Crippen LogP contribution in [0.15, 0.2) is 41.5 Å². The van der Waals surface area contributed by atoms with Crippen LogP contribution in [0.4, 0.5) is 11.5 Å². The van der Waals surface area contributed by atoms with Crippen LogP contribution >= 0.6 is 0 Å². The number of carbonyl (C=O) groups is 1. The Morgan fingerprint density at radius 3 is 2.77 bits per heavy atom. The van der Waals surface area contributed by atoms with Crippen LogP contribution in [0.3, 0.4) is 0 Å². The molecule has 2 heterocycles. The van der Waals surface area contributed by atoms with E-state index >= 15 is 0 Å². The highest BCUT2D eigenvalue weighted by Crippen LogP contribution is 2.11. The van der Waals surface area contributed by atoms with Gasteiger partial charge in [0.1, 0.15) is 17.8 Å². The molecule has 112 valence electrons. The standard InChI is InChI=1S/C14H13N5O3/c15-11-5-10-12(18-11)17-7-19(13(10)20)6-16-9-3-1-8(2-4-9)14(21)22/h1-5,7,16,18H,6,15H2,(H,21,22). The van der Waals surface area contributed by atoms with Gasteiger partial charge in [0.05, 0.1) is 17.6 Å². The van der Waals surface area contributed by atoms with Gasteiger partial charge in [0.25, 0.3) is 5.56 Å². The van der Waals surface area contributed by atoms with Crippen molar-refractivity contribution in [2.75, 3.05) is 11.1 Å². The maximum atomic E-state index is 12.2. The Kier molecular flexibility index (Phi) is 3.26. The molecule has 3 aromatic rings. The number of carboxylic acid groups (broad SMARTS) is 1. The molecular formula is C14H13N5O3. The van der Waals surface area contributed by atoms with Gasteiger partial charge in [-0.15, -0.1) is 0 Å². The number of nitrogen functional groups attached to an aromatic ring is 1. The van der Waals surface area contributed by atoms with Gasteiger partial charge in [-0.3, -0.25) is 9.36 Å². The molecule has 0 radical (unpaired) electrons. The number of aromatic nitrogens is 3. The van der Waals surface area contributed by atoms with Gasteiger partial charge >= 0.3 is 5.97 Å². The first-order valence-electron chi connectivity index (χ1n) is 6.45. The number of nitrogens with one attached hydrogen (secondary N) is 2. The highest BCUT2D eigenvalue weighted by molar-refractivity contribution is 5.88. The van der Waals surface area contributed by atoms with Crippen molar-refractivity contribution in [3.8, 4) is 0 Å². The molecular weight excluding hydrogens is 286 g/mol. The lowest BCUT2D eigenvalue weighted by molar-refractivity contribution is 0.0697. The van der Waals surface area contributed by atoms with Gasteiger partial charge < -0.3 is 21.1 Å². The molecule has 0 aliphatic carbocycles. The zero-order valence-corrected chi connectivity index (χ0v) is 11.4. The molecule has 0 spiro atoms. The van der Waals surface area contributed by atoms with Crippen LogP contribution in [0.2, 0.25) is 0 Å². The molecule has 0 amide bonds. The summed E-state index contributed by atoms with van der Waals surface area (Å²) in [5.74, 6) is -0.600. The predicted molar refractivity (Wildman–Crippen MR) is 81.8 cm³/mol. The van der Waals surface area contributed by atoms with Crippen molar-refractivity contribution in [2.24, 2.45) is 0 Å². The van der Waals surface area contributed by atoms with Crippen molar-refractivity contribution in [1.82, 2.24) is 14.5 Å². The monoisotopic (exact) mass is 299 g/mol. The lowest BCUT2D eigenvalue weighted by Crippen LogP contribution is -2.23. The maximum Gasteiger partial charge on any atom is 0.335 e. The molecule has 22 heavy (non-hydrogen) atoms. The van der Waals surface area contributed by atoms with Crippen molar-refractivity contribution in [3.63, 3.8) is 0 Å². The summed E-state index contributed by atoms with van der Waals surface area (Å²) in [7, 11) is 0. The van der Waals surface area contributed by atoms with Crippen LogP contribution in [0, 0.1) is 0 Å². The minimum atomic E-state index is -0.984. The van der Waals surface area contributed by atoms with Crippen molar-refractivity contribution in [3.05, 3.63) is 52.6 Å². The molecule has 0 saturated heterocycles. The van der Waals surface area contributed by atoms with Crippen molar-refractivity contribution >= 4 is 28.5 Å². The van der Waals surface area contributed by atoms with E-state index in [2.05, 4.69) is 15.3 Å². The summed E-state index contributed by atoms with van der Waals surface area (Å²) in [6.07, 6.45) is 1.42. The van der Waals surface area contributed by atoms with Crippen molar-refractivity contribution < 1.29 is 9.90 Å². The van der Waals surface area contributed by atoms with Crippen molar-refractivity contribution in [2.45, 2.75) is 6.67 Å². The number of H-pyrrole nitrogens is 1. The average Bonchev–Trinajstić information content (AvgIpc) is 2.88. The molecule has 0 unspecified atom stereocenters. The Hall–Kier alpha value is -3.29. The molecule has 0 fully saturated rings. The fourth-order valence-corrected chi connectivity index (χ4v) is 2.08. The second-order valence-electron chi connectivity index (χ2n) is 4.72. The maximum absolute atomic E-state index is 12.2. The van der Waals surface area contributed by atoms with E-state index in [0.717, 1.165) is 0 Å². The van der Waals surface area contributed by atoms with Gasteiger partial charge in [-0.05, 0) is 30.3 Å². The third kappa shape index (κ3) is 2.49. The Labute approximate surface area is 124 Å². The van der Waals surface area contributed by atoms with E-state index in [1.165, 1.54) is 23.0 Å². The van der Waals surface area contributed by atoms with Gasteiger partial charge in [0.15, 0.2) is 0 Å². The zero-order valence-electron chi connectivity index (χ0n) is 11.4. The van der Waals surface area contributed by atoms with Gasteiger partial charge in [-0.1, -0.05) is 0 Å². The number of carboxylic acids is 1. The highest BCUT2D eigenvalue weighted by atomic mass is 16.4. The average molecular weight is 299 g/mol. The first kappa shape index (κ1) is 13.7. The second-order valence-corrected chi connectivity index (χ2v) is 4.72. The van der Waals surface area contributed by atoms with E-state index in [1.807, 2.05) is 0 Å². The number of anilines is 2. The lowest BCUT2D eigenvalue weighted by atomic mass is 10.2. The number of hydrogen-bond donors (Lipinski definition) is 4. The summed E-state index contributed by atoms with van der Waals surface area (Å²) < 4.78 is 1.40. The number of fused-ring (bicyclic) bond motifs is 1. The number of aromatic carboxylic acids is 1. The molecule has 8 nitrogen and oxygen atoms in total. The van der Waals surface area contributed by atoms with Crippen LogP contribution in [-0.2, 0) is 6.67 Å². The molecule has 0 aliphatic heterocycles.